The van der Waals surface area contributed by atoms with Crippen molar-refractivity contribution in [1.29, 1.82) is 0 Å². The summed E-state index contributed by atoms with van der Waals surface area (Å²) in [6.07, 6.45) is 5.21. The van der Waals surface area contributed by atoms with Gasteiger partial charge in [-0.3, -0.25) is 4.98 Å². The van der Waals surface area contributed by atoms with E-state index < -0.39 is 0 Å². The monoisotopic (exact) mass is 222 g/mol. The van der Waals surface area contributed by atoms with Gasteiger partial charge in [-0.05, 0) is 17.2 Å². The Morgan fingerprint density at radius 3 is 2.47 bits per heavy atom. The van der Waals surface area contributed by atoms with Crippen molar-refractivity contribution in [2.45, 2.75) is 0 Å². The van der Waals surface area contributed by atoms with E-state index in [2.05, 4.69) is 22.3 Å². The molecule has 0 spiro atoms. The van der Waals surface area contributed by atoms with E-state index in [9.17, 15) is 0 Å². The number of pyridine rings is 1. The van der Waals surface area contributed by atoms with E-state index in [0.717, 1.165) is 22.5 Å². The molecular formula is C14H10N2O. The zero-order valence-corrected chi connectivity index (χ0v) is 9.08. The van der Waals surface area contributed by atoms with Crippen LogP contribution in [-0.4, -0.2) is 10.1 Å². The summed E-state index contributed by atoms with van der Waals surface area (Å²) in [5, 5.41) is 3.73. The zero-order chi connectivity index (χ0) is 11.5. The number of rotatable bonds is 2. The predicted octanol–water partition coefficient (Wildman–Crippen LogP) is 3.40. The van der Waals surface area contributed by atoms with Crippen LogP contribution in [0.3, 0.4) is 0 Å². The Morgan fingerprint density at radius 1 is 0.824 bits per heavy atom. The van der Waals surface area contributed by atoms with Crippen LogP contribution in [0.15, 0.2) is 65.6 Å². The molecule has 3 heteroatoms. The summed E-state index contributed by atoms with van der Waals surface area (Å²) in [4.78, 5) is 4.14. The maximum Gasteiger partial charge on any atom is 0.168 e. The zero-order valence-electron chi connectivity index (χ0n) is 9.08. The molecule has 2 heterocycles. The molecule has 17 heavy (non-hydrogen) atoms. The number of nitrogens with zero attached hydrogens (tertiary/aromatic N) is 2. The Labute approximate surface area is 98.7 Å². The van der Waals surface area contributed by atoms with Crippen molar-refractivity contribution in [1.82, 2.24) is 10.1 Å². The van der Waals surface area contributed by atoms with Crippen LogP contribution in [0.5, 0.6) is 0 Å². The first-order chi connectivity index (χ1) is 8.45. The SMILES string of the molecule is c1ccc(-c2ccncc2-c2ccno2)cc1. The molecular weight excluding hydrogens is 212 g/mol. The highest BCUT2D eigenvalue weighted by atomic mass is 16.5. The summed E-state index contributed by atoms with van der Waals surface area (Å²) in [6.45, 7) is 0. The molecule has 0 radical (unpaired) electrons. The Bertz CT molecular complexity index is 603. The van der Waals surface area contributed by atoms with Crippen LogP contribution in [0.1, 0.15) is 0 Å². The normalized spacial score (nSPS) is 10.4. The molecule has 0 saturated carbocycles. The molecule has 3 aromatic rings. The van der Waals surface area contributed by atoms with E-state index in [0.29, 0.717) is 0 Å². The average Bonchev–Trinajstić information content (AvgIpc) is 2.94. The lowest BCUT2D eigenvalue weighted by Gasteiger charge is -2.05. The standard InChI is InChI=1S/C14H10N2O/c1-2-4-11(5-3-1)12-6-8-15-10-13(12)14-7-9-16-17-14/h1-10H. The second kappa shape index (κ2) is 4.22. The number of hydrogen-bond donors (Lipinski definition) is 0. The summed E-state index contributed by atoms with van der Waals surface area (Å²) in [5.41, 5.74) is 3.19. The Balaban J connectivity index is 2.18. The van der Waals surface area contributed by atoms with Gasteiger partial charge >= 0.3 is 0 Å². The van der Waals surface area contributed by atoms with Gasteiger partial charge in [-0.1, -0.05) is 35.5 Å². The third kappa shape index (κ3) is 1.83. The highest BCUT2D eigenvalue weighted by Crippen LogP contribution is 2.30. The molecule has 0 N–H and O–H groups in total. The van der Waals surface area contributed by atoms with Crippen LogP contribution in [0.2, 0.25) is 0 Å². The maximum atomic E-state index is 5.19. The number of benzene rings is 1. The topological polar surface area (TPSA) is 38.9 Å². The van der Waals surface area contributed by atoms with Crippen LogP contribution < -0.4 is 0 Å². The average molecular weight is 222 g/mol. The van der Waals surface area contributed by atoms with Gasteiger partial charge in [0.15, 0.2) is 5.76 Å². The highest BCUT2D eigenvalue weighted by Gasteiger charge is 2.09. The first-order valence-electron chi connectivity index (χ1n) is 5.35. The van der Waals surface area contributed by atoms with Crippen LogP contribution in [0.25, 0.3) is 22.5 Å². The molecule has 0 atom stereocenters. The third-order valence-electron chi connectivity index (χ3n) is 2.61. The molecule has 3 rings (SSSR count). The molecule has 0 aliphatic rings. The summed E-state index contributed by atoms with van der Waals surface area (Å²) in [6, 6.07) is 14.0. The highest BCUT2D eigenvalue weighted by molar-refractivity contribution is 5.80. The van der Waals surface area contributed by atoms with Crippen molar-refractivity contribution in [3.8, 4) is 22.5 Å². The van der Waals surface area contributed by atoms with E-state index >= 15 is 0 Å². The van der Waals surface area contributed by atoms with Gasteiger partial charge in [-0.25, -0.2) is 0 Å². The van der Waals surface area contributed by atoms with Gasteiger partial charge in [-0.2, -0.15) is 0 Å². The first kappa shape index (κ1) is 9.78. The Kier molecular flexibility index (Phi) is 2.43. The summed E-state index contributed by atoms with van der Waals surface area (Å²) >= 11 is 0. The van der Waals surface area contributed by atoms with Crippen molar-refractivity contribution >= 4 is 0 Å². The maximum absolute atomic E-state index is 5.19. The van der Waals surface area contributed by atoms with E-state index in [1.807, 2.05) is 30.3 Å². The Hall–Kier alpha value is -2.42. The van der Waals surface area contributed by atoms with Crippen molar-refractivity contribution in [3.05, 3.63) is 61.1 Å². The molecule has 0 saturated heterocycles. The fourth-order valence-electron chi connectivity index (χ4n) is 1.81. The second-order valence-electron chi connectivity index (χ2n) is 3.66. The summed E-state index contributed by atoms with van der Waals surface area (Å²) in [7, 11) is 0. The minimum atomic E-state index is 0.733. The molecule has 0 bridgehead atoms. The van der Waals surface area contributed by atoms with Gasteiger partial charge in [0.2, 0.25) is 0 Å². The predicted molar refractivity (Wildman–Crippen MR) is 65.2 cm³/mol. The lowest BCUT2D eigenvalue weighted by atomic mass is 10.0. The molecule has 3 nitrogen and oxygen atoms in total. The van der Waals surface area contributed by atoms with Crippen LogP contribution in [0, 0.1) is 0 Å². The molecule has 2 aromatic heterocycles. The van der Waals surface area contributed by atoms with Crippen molar-refractivity contribution < 1.29 is 4.52 Å². The van der Waals surface area contributed by atoms with Crippen LogP contribution in [-0.2, 0) is 0 Å². The van der Waals surface area contributed by atoms with Gasteiger partial charge in [0.25, 0.3) is 0 Å². The van der Waals surface area contributed by atoms with Crippen molar-refractivity contribution in [3.63, 3.8) is 0 Å². The number of hydrogen-bond acceptors (Lipinski definition) is 3. The van der Waals surface area contributed by atoms with Gasteiger partial charge in [-0.15, -0.1) is 0 Å². The molecule has 0 amide bonds. The van der Waals surface area contributed by atoms with Crippen molar-refractivity contribution in [2.24, 2.45) is 0 Å². The molecule has 82 valence electrons. The number of aromatic nitrogens is 2. The molecule has 0 aliphatic carbocycles. The van der Waals surface area contributed by atoms with Crippen LogP contribution >= 0.6 is 0 Å². The van der Waals surface area contributed by atoms with Gasteiger partial charge in [0.05, 0.1) is 6.20 Å². The van der Waals surface area contributed by atoms with Gasteiger partial charge in [0.1, 0.15) is 0 Å². The van der Waals surface area contributed by atoms with E-state index in [-0.39, 0.29) is 0 Å². The smallest absolute Gasteiger partial charge is 0.168 e. The Morgan fingerprint density at radius 2 is 1.71 bits per heavy atom. The summed E-state index contributed by atoms with van der Waals surface area (Å²) < 4.78 is 5.19. The van der Waals surface area contributed by atoms with E-state index in [1.165, 1.54) is 0 Å². The fraction of sp³-hybridized carbons (Fsp3) is 0. The summed E-state index contributed by atoms with van der Waals surface area (Å²) in [5.74, 6) is 0.733. The largest absolute Gasteiger partial charge is 0.356 e. The quantitative estimate of drug-likeness (QED) is 0.667. The second-order valence-corrected chi connectivity index (χ2v) is 3.66. The lowest BCUT2D eigenvalue weighted by Crippen LogP contribution is -1.84. The minimum absolute atomic E-state index is 0.733. The van der Waals surface area contributed by atoms with E-state index in [1.54, 1.807) is 18.6 Å². The fourth-order valence-corrected chi connectivity index (χ4v) is 1.81. The molecule has 0 aliphatic heterocycles. The third-order valence-corrected chi connectivity index (χ3v) is 2.61. The molecule has 0 fully saturated rings. The van der Waals surface area contributed by atoms with E-state index in [4.69, 9.17) is 4.52 Å². The van der Waals surface area contributed by atoms with Gasteiger partial charge in [0, 0.05) is 24.0 Å². The van der Waals surface area contributed by atoms with Crippen LogP contribution in [0.4, 0.5) is 0 Å². The molecule has 0 unspecified atom stereocenters. The molecule has 1 aromatic carbocycles. The lowest BCUT2D eigenvalue weighted by molar-refractivity contribution is 0.432. The van der Waals surface area contributed by atoms with Gasteiger partial charge < -0.3 is 4.52 Å². The first-order valence-corrected chi connectivity index (χ1v) is 5.35. The van der Waals surface area contributed by atoms with Crippen molar-refractivity contribution in [2.75, 3.05) is 0 Å². The minimum Gasteiger partial charge on any atom is -0.356 e.